The monoisotopic (exact) mass is 369 g/mol. The predicted molar refractivity (Wildman–Crippen MR) is 93.8 cm³/mol. The van der Waals surface area contributed by atoms with Gasteiger partial charge >= 0.3 is 0 Å². The molecule has 0 bridgehead atoms. The third kappa shape index (κ3) is 3.30. The van der Waals surface area contributed by atoms with Crippen LogP contribution in [0.25, 0.3) is 11.4 Å². The Bertz CT molecular complexity index is 1000. The van der Waals surface area contributed by atoms with Crippen LogP contribution in [0.5, 0.6) is 0 Å². The molecule has 2 aromatic heterocycles. The van der Waals surface area contributed by atoms with Crippen LogP contribution in [0.1, 0.15) is 34.5 Å². The van der Waals surface area contributed by atoms with Gasteiger partial charge in [-0.3, -0.25) is 4.79 Å². The van der Waals surface area contributed by atoms with Gasteiger partial charge in [-0.05, 0) is 12.1 Å². The third-order valence-corrected chi connectivity index (χ3v) is 4.57. The number of halogens is 2. The van der Waals surface area contributed by atoms with Crippen LogP contribution in [0.2, 0.25) is 0 Å². The molecule has 3 heterocycles. The molecule has 1 amide bonds. The van der Waals surface area contributed by atoms with Crippen LogP contribution in [0.4, 0.5) is 8.78 Å². The van der Waals surface area contributed by atoms with E-state index in [-0.39, 0.29) is 11.5 Å². The topological polar surface area (TPSA) is 74.8 Å². The van der Waals surface area contributed by atoms with Gasteiger partial charge in [0.15, 0.2) is 0 Å². The summed E-state index contributed by atoms with van der Waals surface area (Å²) in [4.78, 5) is 30.2. The van der Waals surface area contributed by atoms with E-state index in [1.54, 1.807) is 4.90 Å². The number of aromatic amines is 1. The van der Waals surface area contributed by atoms with Gasteiger partial charge < -0.3 is 9.88 Å². The fourth-order valence-electron chi connectivity index (χ4n) is 3.11. The number of H-pyrrole nitrogens is 1. The number of nitrogens with one attached hydrogen (secondary N) is 1. The minimum atomic E-state index is -0.679. The Morgan fingerprint density at radius 2 is 2.04 bits per heavy atom. The standard InChI is InChI=1S/C19H17F2N5O/c1-2-17-22-8-11(9-23-17)19(27)26-6-5-15-16(10-26)25-18(24-15)13-4-3-12(20)7-14(13)21/h3-4,7-9H,2,5-6,10H2,1H3,(H,24,25). The number of nitrogens with zero attached hydrogens (tertiary/aromatic N) is 4. The van der Waals surface area contributed by atoms with Crippen molar-refractivity contribution >= 4 is 5.91 Å². The highest BCUT2D eigenvalue weighted by molar-refractivity contribution is 5.93. The number of hydrogen-bond acceptors (Lipinski definition) is 4. The molecule has 0 radical (unpaired) electrons. The van der Waals surface area contributed by atoms with Gasteiger partial charge in [-0.2, -0.15) is 0 Å². The Hall–Kier alpha value is -3.16. The molecule has 138 valence electrons. The zero-order valence-corrected chi connectivity index (χ0v) is 14.7. The molecule has 8 heteroatoms. The number of aryl methyl sites for hydroxylation is 1. The van der Waals surface area contributed by atoms with Crippen LogP contribution in [-0.4, -0.2) is 37.3 Å². The highest BCUT2D eigenvalue weighted by atomic mass is 19.1. The SMILES string of the molecule is CCc1ncc(C(=O)N2CCc3nc(-c4ccc(F)cc4F)[nH]c3C2)cn1. The van der Waals surface area contributed by atoms with Gasteiger partial charge in [-0.1, -0.05) is 6.92 Å². The van der Waals surface area contributed by atoms with Gasteiger partial charge in [-0.25, -0.2) is 23.7 Å². The fraction of sp³-hybridized carbons (Fsp3) is 0.263. The van der Waals surface area contributed by atoms with E-state index in [0.717, 1.165) is 17.5 Å². The first-order valence-electron chi connectivity index (χ1n) is 8.68. The number of fused-ring (bicyclic) bond motifs is 1. The number of benzene rings is 1. The van der Waals surface area contributed by atoms with Crippen molar-refractivity contribution in [1.82, 2.24) is 24.8 Å². The Balaban J connectivity index is 1.56. The minimum Gasteiger partial charge on any atom is -0.340 e. The summed E-state index contributed by atoms with van der Waals surface area (Å²) in [6, 6.07) is 3.37. The van der Waals surface area contributed by atoms with Crippen molar-refractivity contribution in [3.05, 3.63) is 65.0 Å². The average Bonchev–Trinajstić information content (AvgIpc) is 3.10. The summed E-state index contributed by atoms with van der Waals surface area (Å²) in [5, 5.41) is 0. The third-order valence-electron chi connectivity index (χ3n) is 4.57. The van der Waals surface area contributed by atoms with Gasteiger partial charge in [0.2, 0.25) is 0 Å². The predicted octanol–water partition coefficient (Wildman–Crippen LogP) is 2.91. The first-order valence-corrected chi connectivity index (χ1v) is 8.68. The van der Waals surface area contributed by atoms with Gasteiger partial charge in [0.25, 0.3) is 5.91 Å². The molecule has 1 aromatic carbocycles. The van der Waals surface area contributed by atoms with Crippen molar-refractivity contribution < 1.29 is 13.6 Å². The molecule has 1 N–H and O–H groups in total. The van der Waals surface area contributed by atoms with E-state index in [9.17, 15) is 13.6 Å². The normalized spacial score (nSPS) is 13.5. The Morgan fingerprint density at radius 3 is 2.74 bits per heavy atom. The summed E-state index contributed by atoms with van der Waals surface area (Å²) in [7, 11) is 0. The maximum absolute atomic E-state index is 14.0. The second kappa shape index (κ2) is 6.86. The number of rotatable bonds is 3. The van der Waals surface area contributed by atoms with Crippen LogP contribution in [0.15, 0.2) is 30.6 Å². The van der Waals surface area contributed by atoms with Crippen molar-refractivity contribution in [2.24, 2.45) is 0 Å². The van der Waals surface area contributed by atoms with Gasteiger partial charge in [0.1, 0.15) is 23.3 Å². The van der Waals surface area contributed by atoms with Crippen molar-refractivity contribution in [2.45, 2.75) is 26.3 Å². The Morgan fingerprint density at radius 1 is 1.26 bits per heavy atom. The van der Waals surface area contributed by atoms with E-state index < -0.39 is 11.6 Å². The van der Waals surface area contributed by atoms with Crippen LogP contribution < -0.4 is 0 Å². The maximum Gasteiger partial charge on any atom is 0.257 e. The largest absolute Gasteiger partial charge is 0.340 e. The summed E-state index contributed by atoms with van der Waals surface area (Å²) >= 11 is 0. The first kappa shape index (κ1) is 17.3. The molecule has 0 spiro atoms. The second-order valence-electron chi connectivity index (χ2n) is 6.35. The van der Waals surface area contributed by atoms with E-state index in [0.29, 0.717) is 43.1 Å². The van der Waals surface area contributed by atoms with Gasteiger partial charge in [-0.15, -0.1) is 0 Å². The van der Waals surface area contributed by atoms with E-state index in [1.165, 1.54) is 24.5 Å². The summed E-state index contributed by atoms with van der Waals surface area (Å²) in [5.41, 5.74) is 2.17. The molecule has 0 atom stereocenters. The van der Waals surface area contributed by atoms with Crippen LogP contribution in [-0.2, 0) is 19.4 Å². The molecule has 3 aromatic rings. The molecule has 27 heavy (non-hydrogen) atoms. The lowest BCUT2D eigenvalue weighted by atomic mass is 10.1. The van der Waals surface area contributed by atoms with Crippen molar-refractivity contribution in [3.63, 3.8) is 0 Å². The smallest absolute Gasteiger partial charge is 0.257 e. The number of hydrogen-bond donors (Lipinski definition) is 1. The van der Waals surface area contributed by atoms with Crippen molar-refractivity contribution in [2.75, 3.05) is 6.54 Å². The lowest BCUT2D eigenvalue weighted by molar-refractivity contribution is 0.0731. The molecule has 0 aliphatic carbocycles. The van der Waals surface area contributed by atoms with Crippen molar-refractivity contribution in [3.8, 4) is 11.4 Å². The molecule has 0 unspecified atom stereocenters. The van der Waals surface area contributed by atoms with E-state index in [4.69, 9.17) is 0 Å². The minimum absolute atomic E-state index is 0.160. The zero-order valence-electron chi connectivity index (χ0n) is 14.7. The van der Waals surface area contributed by atoms with E-state index in [2.05, 4.69) is 19.9 Å². The molecule has 6 nitrogen and oxygen atoms in total. The van der Waals surface area contributed by atoms with Gasteiger partial charge in [0.05, 0.1) is 29.1 Å². The van der Waals surface area contributed by atoms with Crippen LogP contribution in [0, 0.1) is 11.6 Å². The molecule has 0 saturated carbocycles. The van der Waals surface area contributed by atoms with Gasteiger partial charge in [0, 0.05) is 37.8 Å². The molecule has 1 aliphatic rings. The van der Waals surface area contributed by atoms with Crippen LogP contribution in [0.3, 0.4) is 0 Å². The average molecular weight is 369 g/mol. The number of imidazole rings is 1. The quantitative estimate of drug-likeness (QED) is 0.770. The highest BCUT2D eigenvalue weighted by Gasteiger charge is 2.25. The lowest BCUT2D eigenvalue weighted by Gasteiger charge is -2.26. The first-order chi connectivity index (χ1) is 13.0. The molecular weight excluding hydrogens is 352 g/mol. The van der Waals surface area contributed by atoms with Crippen molar-refractivity contribution in [1.29, 1.82) is 0 Å². The van der Waals surface area contributed by atoms with E-state index >= 15 is 0 Å². The summed E-state index contributed by atoms with van der Waals surface area (Å²) in [6.07, 6.45) is 4.33. The highest BCUT2D eigenvalue weighted by Crippen LogP contribution is 2.25. The second-order valence-corrected chi connectivity index (χ2v) is 6.35. The summed E-state index contributed by atoms with van der Waals surface area (Å²) in [6.45, 7) is 2.78. The molecule has 1 aliphatic heterocycles. The lowest BCUT2D eigenvalue weighted by Crippen LogP contribution is -2.36. The zero-order chi connectivity index (χ0) is 19.0. The fourth-order valence-corrected chi connectivity index (χ4v) is 3.11. The molecule has 4 rings (SSSR count). The number of carbonyl (C=O) groups excluding carboxylic acids is 1. The maximum atomic E-state index is 14.0. The Kier molecular flexibility index (Phi) is 4.39. The summed E-state index contributed by atoms with van der Waals surface area (Å²) in [5.74, 6) is -0.454. The Labute approximate surface area is 154 Å². The summed E-state index contributed by atoms with van der Waals surface area (Å²) < 4.78 is 27.1. The number of carbonyl (C=O) groups is 1. The van der Waals surface area contributed by atoms with Crippen LogP contribution >= 0.6 is 0 Å². The molecule has 0 fully saturated rings. The molecule has 0 saturated heterocycles. The number of aromatic nitrogens is 4. The van der Waals surface area contributed by atoms with E-state index in [1.807, 2.05) is 6.92 Å². The molecular formula is C19H17F2N5O. The number of amides is 1.